The van der Waals surface area contributed by atoms with Crippen LogP contribution in [0.3, 0.4) is 0 Å². The van der Waals surface area contributed by atoms with E-state index < -0.39 is 5.60 Å². The first kappa shape index (κ1) is 55.0. The number of thiazole rings is 1. The molecule has 12 rings (SSSR count). The summed E-state index contributed by atoms with van der Waals surface area (Å²) in [6.07, 6.45) is 10.4. The Kier molecular flexibility index (Phi) is 15.8. The van der Waals surface area contributed by atoms with Crippen molar-refractivity contribution >= 4 is 92.6 Å². The second-order valence-corrected chi connectivity index (χ2v) is 25.2. The highest BCUT2D eigenvalue weighted by molar-refractivity contribution is 7.19. The van der Waals surface area contributed by atoms with Crippen LogP contribution in [0.2, 0.25) is 15.5 Å². The lowest BCUT2D eigenvalue weighted by molar-refractivity contribution is -0.114. The maximum absolute atomic E-state index is 13.5. The number of aryl methyl sites for hydroxylation is 1. The van der Waals surface area contributed by atoms with E-state index in [-0.39, 0.29) is 53.0 Å². The summed E-state index contributed by atoms with van der Waals surface area (Å²) < 4.78 is 5.47. The third kappa shape index (κ3) is 12.0. The van der Waals surface area contributed by atoms with Gasteiger partial charge in [0, 0.05) is 84.0 Å². The van der Waals surface area contributed by atoms with E-state index in [0.717, 1.165) is 70.3 Å². The first-order valence-corrected chi connectivity index (χ1v) is 29.3. The number of pyridine rings is 3. The normalized spacial score (nSPS) is 20.2. The number of anilines is 3. The highest BCUT2D eigenvalue weighted by Gasteiger charge is 2.44. The van der Waals surface area contributed by atoms with E-state index in [1.807, 2.05) is 48.5 Å². The molecule has 3 aliphatic carbocycles. The molecule has 0 spiro atoms. The molecular weight excluding hydrogens is 1060 g/mol. The van der Waals surface area contributed by atoms with Gasteiger partial charge in [0.1, 0.15) is 32.7 Å². The van der Waals surface area contributed by atoms with Gasteiger partial charge < -0.3 is 39.5 Å². The number of hydrogen-bond acceptors (Lipinski definition) is 13. The summed E-state index contributed by atoms with van der Waals surface area (Å²) in [6, 6.07) is 6.41. The monoisotopic (exact) mass is 1130 g/mol. The van der Waals surface area contributed by atoms with Crippen LogP contribution in [0.5, 0.6) is 0 Å². The number of carbonyl (C=O) groups excluding carboxylic acids is 5. The van der Waals surface area contributed by atoms with Crippen LogP contribution in [0.25, 0.3) is 10.6 Å². The summed E-state index contributed by atoms with van der Waals surface area (Å²) in [5, 5.41) is 4.35. The summed E-state index contributed by atoms with van der Waals surface area (Å²) in [5.41, 5.74) is 6.09. The zero-order chi connectivity index (χ0) is 54.8. The van der Waals surface area contributed by atoms with E-state index in [4.69, 9.17) is 44.5 Å². The number of ether oxygens (including phenoxy) is 1. The Balaban J connectivity index is 0.000000136. The molecule has 5 amide bonds. The second kappa shape index (κ2) is 22.1. The molecule has 5 aliphatic heterocycles. The first-order valence-electron chi connectivity index (χ1n) is 27.4. The van der Waals surface area contributed by atoms with Crippen molar-refractivity contribution < 1.29 is 28.7 Å². The van der Waals surface area contributed by atoms with E-state index in [1.165, 1.54) is 63.2 Å². The van der Waals surface area contributed by atoms with Crippen LogP contribution in [0.15, 0.2) is 18.2 Å². The van der Waals surface area contributed by atoms with Crippen molar-refractivity contribution in [1.29, 1.82) is 0 Å². The molecule has 0 aromatic carbocycles. The van der Waals surface area contributed by atoms with Crippen molar-refractivity contribution in [2.24, 2.45) is 17.8 Å². The Bertz CT molecular complexity index is 2980. The van der Waals surface area contributed by atoms with Crippen molar-refractivity contribution in [3.05, 3.63) is 72.7 Å². The highest BCUT2D eigenvalue weighted by Crippen LogP contribution is 2.44. The Labute approximate surface area is 470 Å². The number of nitrogens with zero attached hydrogens (tertiary/aromatic N) is 10. The van der Waals surface area contributed by atoms with Gasteiger partial charge in [0.2, 0.25) is 5.91 Å². The molecule has 0 unspecified atom stereocenters. The average molecular weight is 1130 g/mol. The molecule has 412 valence electrons. The predicted molar refractivity (Wildman–Crippen MR) is 300 cm³/mol. The Hall–Kier alpha value is -5.30. The molecule has 5 fully saturated rings. The minimum atomic E-state index is -0.516. The van der Waals surface area contributed by atoms with Crippen molar-refractivity contribution in [3.8, 4) is 10.6 Å². The van der Waals surface area contributed by atoms with E-state index in [9.17, 15) is 24.0 Å². The van der Waals surface area contributed by atoms with Gasteiger partial charge in [0.15, 0.2) is 5.13 Å². The van der Waals surface area contributed by atoms with Crippen molar-refractivity contribution in [3.63, 3.8) is 0 Å². The number of piperazine rings is 1. The minimum Gasteiger partial charge on any atom is -0.444 e. The Morgan fingerprint density at radius 3 is 1.58 bits per heavy atom. The molecule has 4 aromatic rings. The lowest BCUT2D eigenvalue weighted by Crippen LogP contribution is -2.50. The summed E-state index contributed by atoms with van der Waals surface area (Å²) in [4.78, 5) is 93.6. The van der Waals surface area contributed by atoms with Gasteiger partial charge in [0.25, 0.3) is 17.7 Å². The largest absolute Gasteiger partial charge is 0.444 e. The number of fused-ring (bicyclic) bond motifs is 3. The summed E-state index contributed by atoms with van der Waals surface area (Å²) in [5.74, 6) is 3.41. The molecule has 2 saturated heterocycles. The number of hydrogen-bond donors (Lipinski definition) is 1. The molecule has 3 atom stereocenters. The van der Waals surface area contributed by atoms with Gasteiger partial charge in [-0.15, -0.1) is 0 Å². The average Bonchev–Trinajstić information content (AvgIpc) is 4.30. The fourth-order valence-electron chi connectivity index (χ4n) is 11.4. The molecule has 77 heavy (non-hydrogen) atoms. The summed E-state index contributed by atoms with van der Waals surface area (Å²) >= 11 is 19.6. The first-order chi connectivity index (χ1) is 36.6. The van der Waals surface area contributed by atoms with Crippen LogP contribution >= 0.6 is 46.1 Å². The number of halogens is 3. The van der Waals surface area contributed by atoms with Crippen LogP contribution in [-0.4, -0.2) is 132 Å². The van der Waals surface area contributed by atoms with E-state index >= 15 is 0 Å². The van der Waals surface area contributed by atoms with Gasteiger partial charge in [-0.05, 0) is 159 Å². The molecule has 21 heteroatoms. The standard InChI is InChI=1S/C23H29N5O2S.C21H29ClN4O3.C12H12Cl2N2O/c1-13-20(31-23(24-13)25-15(3)29)18-11-17-12-28(14(2)16-7-8-16)22(30)19(17)21(26-18)27-9-5-4-6-10-27;1-13(14-5-6-14)26-12-15-11-16(22)23-18(17(15)19(26)27)24-7-9-25(10-8-24)20(28)29-21(2,3)4;1-6(7-2-3-7)16-5-8-4-9(13)15-11(14)10(8)12(16)17/h11,14,16H,4-10,12H2,1-3H3,(H,24,25,29);11,13-14H,5-10,12H2,1-4H3;4,6-7H,2-3,5H2,1H3/t14-;13-;6-/m000/s1. The number of piperidine rings is 1. The summed E-state index contributed by atoms with van der Waals surface area (Å²) in [6.45, 7) is 21.4. The van der Waals surface area contributed by atoms with E-state index in [2.05, 4.69) is 56.9 Å². The van der Waals surface area contributed by atoms with Crippen LogP contribution in [0, 0.1) is 24.7 Å². The Morgan fingerprint density at radius 1 is 0.636 bits per heavy atom. The number of amides is 5. The molecule has 3 saturated carbocycles. The van der Waals surface area contributed by atoms with E-state index in [0.29, 0.717) is 95.9 Å². The maximum atomic E-state index is 13.5. The third-order valence-corrected chi connectivity index (χ3v) is 17.9. The predicted octanol–water partition coefficient (Wildman–Crippen LogP) is 10.9. The fraction of sp³-hybridized carbons (Fsp3) is 0.589. The highest BCUT2D eigenvalue weighted by atomic mass is 35.5. The van der Waals surface area contributed by atoms with Gasteiger partial charge in [-0.25, -0.2) is 24.7 Å². The molecule has 0 bridgehead atoms. The number of rotatable bonds is 10. The van der Waals surface area contributed by atoms with Gasteiger partial charge in [0.05, 0.1) is 33.0 Å². The van der Waals surface area contributed by atoms with Gasteiger partial charge in [-0.1, -0.05) is 46.1 Å². The molecule has 4 aromatic heterocycles. The van der Waals surface area contributed by atoms with Gasteiger partial charge in [-0.3, -0.25) is 19.2 Å². The minimum absolute atomic E-state index is 0.00596. The SMILES string of the molecule is CC(=O)Nc1nc(C)c(-c2cc3c(c(N4CCCCC4)n2)C(=O)N([C@@H](C)C2CC2)C3)s1.C[C@@H](C1CC1)N1Cc2cc(Cl)nc(Cl)c2C1=O.C[C@@H](C1CC1)N1Cc2cc(Cl)nc(N3CCN(C(=O)OC(C)(C)C)CC3)c2C1=O. The van der Waals surface area contributed by atoms with Crippen molar-refractivity contribution in [2.75, 3.05) is 54.4 Å². The van der Waals surface area contributed by atoms with Gasteiger partial charge in [-0.2, -0.15) is 0 Å². The summed E-state index contributed by atoms with van der Waals surface area (Å²) in [7, 11) is 0. The maximum Gasteiger partial charge on any atom is 0.410 e. The lowest BCUT2D eigenvalue weighted by Gasteiger charge is -2.36. The van der Waals surface area contributed by atoms with Crippen LogP contribution in [0.4, 0.5) is 21.6 Å². The molecule has 8 aliphatic rings. The number of nitrogens with one attached hydrogen (secondary N) is 1. The number of aromatic nitrogens is 4. The molecule has 1 N–H and O–H groups in total. The fourth-order valence-corrected chi connectivity index (χ4v) is 13.1. The Morgan fingerprint density at radius 2 is 1.09 bits per heavy atom. The quantitative estimate of drug-likeness (QED) is 0.149. The van der Waals surface area contributed by atoms with Crippen LogP contribution in [-0.2, 0) is 29.2 Å². The lowest BCUT2D eigenvalue weighted by atomic mass is 10.1. The molecule has 9 heterocycles. The van der Waals surface area contributed by atoms with E-state index in [1.54, 1.807) is 11.0 Å². The molecule has 0 radical (unpaired) electrons. The topological polar surface area (TPSA) is 178 Å². The second-order valence-electron chi connectivity index (χ2n) is 23.1. The molecular formula is C56H70Cl3N11O6S. The zero-order valence-electron chi connectivity index (χ0n) is 45.4. The number of carbonyl (C=O) groups is 5. The third-order valence-electron chi connectivity index (χ3n) is 16.2. The van der Waals surface area contributed by atoms with Crippen LogP contribution < -0.4 is 15.1 Å². The molecule has 17 nitrogen and oxygen atoms in total. The van der Waals surface area contributed by atoms with Gasteiger partial charge >= 0.3 is 6.09 Å². The van der Waals surface area contributed by atoms with Crippen molar-refractivity contribution in [1.82, 2.24) is 39.5 Å². The van der Waals surface area contributed by atoms with Crippen molar-refractivity contribution in [2.45, 2.75) is 157 Å². The zero-order valence-corrected chi connectivity index (χ0v) is 48.5. The smallest absolute Gasteiger partial charge is 0.410 e. The van der Waals surface area contributed by atoms with Crippen LogP contribution in [0.1, 0.15) is 160 Å².